The number of rotatable bonds is 5. The third-order valence-corrected chi connectivity index (χ3v) is 3.24. The van der Waals surface area contributed by atoms with Crippen molar-refractivity contribution in [2.75, 3.05) is 6.54 Å². The lowest BCUT2D eigenvalue weighted by Gasteiger charge is -2.26. The molecule has 92 valence electrons. The SMILES string of the molecule is CCNCc1ncoc1CC(C)C(C)(C)C. The van der Waals surface area contributed by atoms with Crippen molar-refractivity contribution < 1.29 is 4.42 Å². The Morgan fingerprint density at radius 2 is 2.12 bits per heavy atom. The molecule has 1 rings (SSSR count). The quantitative estimate of drug-likeness (QED) is 0.835. The van der Waals surface area contributed by atoms with Crippen LogP contribution in [-0.4, -0.2) is 11.5 Å². The van der Waals surface area contributed by atoms with Crippen molar-refractivity contribution in [2.45, 2.75) is 47.6 Å². The van der Waals surface area contributed by atoms with Crippen molar-refractivity contribution in [2.24, 2.45) is 11.3 Å². The van der Waals surface area contributed by atoms with Crippen LogP contribution in [0.3, 0.4) is 0 Å². The van der Waals surface area contributed by atoms with Gasteiger partial charge in [0.25, 0.3) is 0 Å². The van der Waals surface area contributed by atoms with E-state index in [4.69, 9.17) is 4.42 Å². The number of nitrogens with one attached hydrogen (secondary N) is 1. The van der Waals surface area contributed by atoms with E-state index in [9.17, 15) is 0 Å². The molecule has 0 fully saturated rings. The van der Waals surface area contributed by atoms with Crippen molar-refractivity contribution in [1.82, 2.24) is 10.3 Å². The highest BCUT2D eigenvalue weighted by Gasteiger charge is 2.22. The van der Waals surface area contributed by atoms with Gasteiger partial charge in [0.05, 0.1) is 5.69 Å². The third-order valence-electron chi connectivity index (χ3n) is 3.24. The Balaban J connectivity index is 2.63. The summed E-state index contributed by atoms with van der Waals surface area (Å²) in [7, 11) is 0. The summed E-state index contributed by atoms with van der Waals surface area (Å²) in [5.41, 5.74) is 1.36. The molecule has 1 atom stereocenters. The van der Waals surface area contributed by atoms with Crippen LogP contribution in [0.2, 0.25) is 0 Å². The van der Waals surface area contributed by atoms with Gasteiger partial charge in [-0.1, -0.05) is 34.6 Å². The normalized spacial score (nSPS) is 14.1. The lowest BCUT2D eigenvalue weighted by Crippen LogP contribution is -2.20. The molecule has 0 aromatic carbocycles. The van der Waals surface area contributed by atoms with Gasteiger partial charge in [-0.3, -0.25) is 0 Å². The maximum atomic E-state index is 5.48. The Morgan fingerprint density at radius 1 is 1.44 bits per heavy atom. The Morgan fingerprint density at radius 3 is 2.69 bits per heavy atom. The Hall–Kier alpha value is -0.830. The topological polar surface area (TPSA) is 38.1 Å². The summed E-state index contributed by atoms with van der Waals surface area (Å²) in [5.74, 6) is 1.62. The van der Waals surface area contributed by atoms with Crippen molar-refractivity contribution in [1.29, 1.82) is 0 Å². The molecule has 3 heteroatoms. The second-order valence-electron chi connectivity index (χ2n) is 5.47. The lowest BCUT2D eigenvalue weighted by molar-refractivity contribution is 0.247. The summed E-state index contributed by atoms with van der Waals surface area (Å²) in [6, 6.07) is 0. The molecule has 0 amide bonds. The molecule has 0 aliphatic rings. The van der Waals surface area contributed by atoms with E-state index >= 15 is 0 Å². The molecule has 0 bridgehead atoms. The van der Waals surface area contributed by atoms with E-state index < -0.39 is 0 Å². The maximum absolute atomic E-state index is 5.48. The van der Waals surface area contributed by atoms with Crippen molar-refractivity contribution in [3.63, 3.8) is 0 Å². The molecule has 1 heterocycles. The molecule has 1 N–H and O–H groups in total. The summed E-state index contributed by atoms with van der Waals surface area (Å²) >= 11 is 0. The molecule has 1 aromatic heterocycles. The minimum absolute atomic E-state index is 0.308. The van der Waals surface area contributed by atoms with Gasteiger partial charge in [0, 0.05) is 13.0 Å². The first kappa shape index (κ1) is 13.2. The van der Waals surface area contributed by atoms with Crippen LogP contribution < -0.4 is 5.32 Å². The van der Waals surface area contributed by atoms with Gasteiger partial charge < -0.3 is 9.73 Å². The molecule has 1 unspecified atom stereocenters. The second-order valence-corrected chi connectivity index (χ2v) is 5.47. The van der Waals surface area contributed by atoms with E-state index in [0.29, 0.717) is 11.3 Å². The average Bonchev–Trinajstić information content (AvgIpc) is 2.61. The van der Waals surface area contributed by atoms with Crippen LogP contribution in [0.4, 0.5) is 0 Å². The van der Waals surface area contributed by atoms with Crippen LogP contribution in [0.5, 0.6) is 0 Å². The monoisotopic (exact) mass is 224 g/mol. The highest BCUT2D eigenvalue weighted by molar-refractivity contribution is 5.08. The van der Waals surface area contributed by atoms with E-state index in [0.717, 1.165) is 31.0 Å². The van der Waals surface area contributed by atoms with Crippen LogP contribution in [-0.2, 0) is 13.0 Å². The molecule has 0 saturated heterocycles. The summed E-state index contributed by atoms with van der Waals surface area (Å²) in [4.78, 5) is 4.26. The first-order valence-electron chi connectivity index (χ1n) is 6.07. The zero-order valence-electron chi connectivity index (χ0n) is 11.1. The molecule has 16 heavy (non-hydrogen) atoms. The van der Waals surface area contributed by atoms with Gasteiger partial charge in [0.15, 0.2) is 6.39 Å². The second kappa shape index (κ2) is 5.48. The zero-order chi connectivity index (χ0) is 12.2. The molecular formula is C13H24N2O. The Labute approximate surface area is 98.6 Å². The van der Waals surface area contributed by atoms with Crippen LogP contribution >= 0.6 is 0 Å². The predicted molar refractivity (Wildman–Crippen MR) is 66.2 cm³/mol. The predicted octanol–water partition coefficient (Wildman–Crippen LogP) is 3.01. The maximum Gasteiger partial charge on any atom is 0.181 e. The lowest BCUT2D eigenvalue weighted by atomic mass is 9.79. The van der Waals surface area contributed by atoms with Gasteiger partial charge in [-0.15, -0.1) is 0 Å². The van der Waals surface area contributed by atoms with Gasteiger partial charge in [-0.25, -0.2) is 4.98 Å². The standard InChI is InChI=1S/C13H24N2O/c1-6-14-8-11-12(16-9-15-11)7-10(2)13(3,4)5/h9-10,14H,6-8H2,1-5H3. The molecule has 3 nitrogen and oxygen atoms in total. The van der Waals surface area contributed by atoms with Crippen LogP contribution in [0, 0.1) is 11.3 Å². The molecular weight excluding hydrogens is 200 g/mol. The molecule has 1 aromatic rings. The summed E-state index contributed by atoms with van der Waals surface area (Å²) < 4.78 is 5.48. The van der Waals surface area contributed by atoms with E-state index in [1.54, 1.807) is 6.39 Å². The number of nitrogens with zero attached hydrogens (tertiary/aromatic N) is 1. The summed E-state index contributed by atoms with van der Waals surface area (Å²) in [6.07, 6.45) is 2.52. The number of hydrogen-bond donors (Lipinski definition) is 1. The van der Waals surface area contributed by atoms with Gasteiger partial charge >= 0.3 is 0 Å². The van der Waals surface area contributed by atoms with Gasteiger partial charge in [0.2, 0.25) is 0 Å². The van der Waals surface area contributed by atoms with Crippen LogP contribution in [0.1, 0.15) is 46.1 Å². The van der Waals surface area contributed by atoms with E-state index in [-0.39, 0.29) is 0 Å². The van der Waals surface area contributed by atoms with Crippen molar-refractivity contribution in [3.8, 4) is 0 Å². The fourth-order valence-corrected chi connectivity index (χ4v) is 1.43. The van der Waals surface area contributed by atoms with Gasteiger partial charge in [-0.05, 0) is 17.9 Å². The van der Waals surface area contributed by atoms with Crippen molar-refractivity contribution >= 4 is 0 Å². The highest BCUT2D eigenvalue weighted by atomic mass is 16.3. The smallest absolute Gasteiger partial charge is 0.181 e. The molecule has 0 saturated carbocycles. The Bertz CT molecular complexity index is 312. The Kier molecular flexibility index (Phi) is 4.54. The highest BCUT2D eigenvalue weighted by Crippen LogP contribution is 2.29. The fraction of sp³-hybridized carbons (Fsp3) is 0.769. The van der Waals surface area contributed by atoms with Crippen LogP contribution in [0.25, 0.3) is 0 Å². The van der Waals surface area contributed by atoms with Crippen molar-refractivity contribution in [3.05, 3.63) is 17.8 Å². The zero-order valence-corrected chi connectivity index (χ0v) is 11.1. The minimum atomic E-state index is 0.308. The fourth-order valence-electron chi connectivity index (χ4n) is 1.43. The van der Waals surface area contributed by atoms with Gasteiger partial charge in [-0.2, -0.15) is 0 Å². The first-order chi connectivity index (χ1) is 7.45. The first-order valence-corrected chi connectivity index (χ1v) is 6.07. The molecule has 0 radical (unpaired) electrons. The summed E-state index contributed by atoms with van der Waals surface area (Å²) in [6.45, 7) is 12.9. The van der Waals surface area contributed by atoms with Crippen LogP contribution in [0.15, 0.2) is 10.8 Å². The number of aromatic nitrogens is 1. The largest absolute Gasteiger partial charge is 0.448 e. The third kappa shape index (κ3) is 3.63. The van der Waals surface area contributed by atoms with E-state index in [1.165, 1.54) is 0 Å². The molecule has 0 aliphatic heterocycles. The van der Waals surface area contributed by atoms with Gasteiger partial charge in [0.1, 0.15) is 5.76 Å². The number of oxazole rings is 1. The van der Waals surface area contributed by atoms with E-state index in [2.05, 4.69) is 44.9 Å². The van der Waals surface area contributed by atoms with E-state index in [1.807, 2.05) is 0 Å². The minimum Gasteiger partial charge on any atom is -0.448 e. The average molecular weight is 224 g/mol. The molecule has 0 aliphatic carbocycles. The summed E-state index contributed by atoms with van der Waals surface area (Å²) in [5, 5.41) is 3.28. The number of hydrogen-bond acceptors (Lipinski definition) is 3. The molecule has 0 spiro atoms.